The van der Waals surface area contributed by atoms with E-state index in [-0.39, 0.29) is 5.84 Å². The van der Waals surface area contributed by atoms with E-state index in [4.69, 9.17) is 10.9 Å². The molecule has 1 aliphatic heterocycles. The number of oxime groups is 1. The molecule has 4 N–H and O–H groups in total. The van der Waals surface area contributed by atoms with Crippen molar-refractivity contribution in [2.45, 2.75) is 25.4 Å². The van der Waals surface area contributed by atoms with E-state index < -0.39 is 0 Å². The van der Waals surface area contributed by atoms with Crippen molar-refractivity contribution in [3.63, 3.8) is 0 Å². The van der Waals surface area contributed by atoms with Crippen LogP contribution in [0.25, 0.3) is 0 Å². The van der Waals surface area contributed by atoms with Gasteiger partial charge in [0.1, 0.15) is 5.69 Å². The van der Waals surface area contributed by atoms with Crippen molar-refractivity contribution in [2.75, 3.05) is 11.5 Å². The van der Waals surface area contributed by atoms with Crippen molar-refractivity contribution in [1.82, 2.24) is 10.3 Å². The SMILES string of the molecule is N/C(=N/O)c1ncccc1CNC1CCCSC1. The molecule has 1 saturated heterocycles. The first-order valence-electron chi connectivity index (χ1n) is 6.04. The molecule has 2 rings (SSSR count). The number of aromatic nitrogens is 1. The second-order valence-electron chi connectivity index (χ2n) is 4.29. The van der Waals surface area contributed by atoms with Crippen molar-refractivity contribution in [1.29, 1.82) is 0 Å². The van der Waals surface area contributed by atoms with Crippen molar-refractivity contribution in [3.8, 4) is 0 Å². The minimum Gasteiger partial charge on any atom is -0.409 e. The van der Waals surface area contributed by atoms with Crippen LogP contribution >= 0.6 is 11.8 Å². The van der Waals surface area contributed by atoms with E-state index in [9.17, 15) is 0 Å². The minimum absolute atomic E-state index is 0.0606. The fourth-order valence-corrected chi connectivity index (χ4v) is 3.12. The average Bonchev–Trinajstić information content (AvgIpc) is 2.45. The lowest BCUT2D eigenvalue weighted by molar-refractivity contribution is 0.318. The van der Waals surface area contributed by atoms with Crippen molar-refractivity contribution < 1.29 is 5.21 Å². The number of pyridine rings is 1. The van der Waals surface area contributed by atoms with Gasteiger partial charge < -0.3 is 16.3 Å². The van der Waals surface area contributed by atoms with Gasteiger partial charge in [0, 0.05) is 24.5 Å². The molecule has 6 heteroatoms. The Labute approximate surface area is 111 Å². The van der Waals surface area contributed by atoms with Crippen LogP contribution < -0.4 is 11.1 Å². The number of nitrogens with two attached hydrogens (primary N) is 1. The summed E-state index contributed by atoms with van der Waals surface area (Å²) in [7, 11) is 0. The summed E-state index contributed by atoms with van der Waals surface area (Å²) in [5.74, 6) is 2.48. The molecule has 2 heterocycles. The predicted molar refractivity (Wildman–Crippen MR) is 73.9 cm³/mol. The fraction of sp³-hybridized carbons (Fsp3) is 0.500. The fourth-order valence-electron chi connectivity index (χ4n) is 2.02. The van der Waals surface area contributed by atoms with Crippen LogP contribution in [-0.4, -0.2) is 33.6 Å². The number of rotatable bonds is 4. The molecule has 0 aromatic carbocycles. The Hall–Kier alpha value is -1.27. The molecule has 0 bridgehead atoms. The third-order valence-corrected chi connectivity index (χ3v) is 4.20. The van der Waals surface area contributed by atoms with Crippen LogP contribution in [0, 0.1) is 0 Å². The third kappa shape index (κ3) is 3.36. The molecule has 1 unspecified atom stereocenters. The van der Waals surface area contributed by atoms with Gasteiger partial charge in [-0.25, -0.2) is 0 Å². The summed E-state index contributed by atoms with van der Waals surface area (Å²) in [5.41, 5.74) is 7.12. The van der Waals surface area contributed by atoms with E-state index in [0.29, 0.717) is 18.3 Å². The van der Waals surface area contributed by atoms with Crippen LogP contribution in [0.15, 0.2) is 23.5 Å². The summed E-state index contributed by atoms with van der Waals surface area (Å²) in [6, 6.07) is 4.36. The van der Waals surface area contributed by atoms with Gasteiger partial charge in [0.25, 0.3) is 0 Å². The molecule has 1 fully saturated rings. The average molecular weight is 266 g/mol. The first kappa shape index (κ1) is 13.2. The summed E-state index contributed by atoms with van der Waals surface area (Å²) in [6.45, 7) is 0.699. The van der Waals surface area contributed by atoms with Crippen LogP contribution in [0.1, 0.15) is 24.1 Å². The van der Waals surface area contributed by atoms with Gasteiger partial charge in [-0.2, -0.15) is 11.8 Å². The topological polar surface area (TPSA) is 83.5 Å². The zero-order valence-corrected chi connectivity index (χ0v) is 11.0. The molecule has 0 amide bonds. The van der Waals surface area contributed by atoms with Gasteiger partial charge in [-0.05, 0) is 30.2 Å². The number of amidine groups is 1. The molecule has 1 aromatic rings. The lowest BCUT2D eigenvalue weighted by Gasteiger charge is -2.22. The number of hydrogen-bond acceptors (Lipinski definition) is 5. The summed E-state index contributed by atoms with van der Waals surface area (Å²) in [5, 5.41) is 15.2. The van der Waals surface area contributed by atoms with E-state index in [0.717, 1.165) is 11.3 Å². The van der Waals surface area contributed by atoms with Crippen LogP contribution in [0.3, 0.4) is 0 Å². The van der Waals surface area contributed by atoms with Crippen LogP contribution in [-0.2, 0) is 6.54 Å². The molecule has 0 saturated carbocycles. The van der Waals surface area contributed by atoms with Crippen molar-refractivity contribution in [2.24, 2.45) is 10.9 Å². The zero-order chi connectivity index (χ0) is 12.8. The predicted octanol–water partition coefficient (Wildman–Crippen LogP) is 1.16. The summed E-state index contributed by atoms with van der Waals surface area (Å²) in [6.07, 6.45) is 4.13. The normalized spacial score (nSPS) is 20.9. The second kappa shape index (κ2) is 6.61. The zero-order valence-electron chi connectivity index (χ0n) is 10.2. The van der Waals surface area contributed by atoms with Gasteiger partial charge in [0.15, 0.2) is 5.84 Å². The van der Waals surface area contributed by atoms with Gasteiger partial charge in [0.2, 0.25) is 0 Å². The van der Waals surface area contributed by atoms with Crippen LogP contribution in [0.2, 0.25) is 0 Å². The molecule has 0 spiro atoms. The molecule has 0 radical (unpaired) electrons. The molecule has 1 atom stereocenters. The highest BCUT2D eigenvalue weighted by Gasteiger charge is 2.14. The van der Waals surface area contributed by atoms with Crippen molar-refractivity contribution >= 4 is 17.6 Å². The third-order valence-electron chi connectivity index (χ3n) is 2.98. The van der Waals surface area contributed by atoms with Gasteiger partial charge >= 0.3 is 0 Å². The van der Waals surface area contributed by atoms with Gasteiger partial charge in [-0.15, -0.1) is 0 Å². The van der Waals surface area contributed by atoms with E-state index in [1.165, 1.54) is 18.6 Å². The minimum atomic E-state index is 0.0606. The first-order chi connectivity index (χ1) is 8.81. The largest absolute Gasteiger partial charge is 0.409 e. The molecule has 98 valence electrons. The Bertz CT molecular complexity index is 418. The number of nitrogens with one attached hydrogen (secondary N) is 1. The van der Waals surface area contributed by atoms with Crippen LogP contribution in [0.5, 0.6) is 0 Å². The molecule has 5 nitrogen and oxygen atoms in total. The van der Waals surface area contributed by atoms with Gasteiger partial charge in [-0.3, -0.25) is 4.98 Å². The number of nitrogens with zero attached hydrogens (tertiary/aromatic N) is 2. The lowest BCUT2D eigenvalue weighted by Crippen LogP contribution is -2.34. The second-order valence-corrected chi connectivity index (χ2v) is 5.44. The Kier molecular flexibility index (Phi) is 4.83. The molecular weight excluding hydrogens is 248 g/mol. The molecule has 18 heavy (non-hydrogen) atoms. The smallest absolute Gasteiger partial charge is 0.189 e. The monoisotopic (exact) mass is 266 g/mol. The van der Waals surface area contributed by atoms with E-state index in [2.05, 4.69) is 15.5 Å². The Morgan fingerprint density at radius 1 is 1.67 bits per heavy atom. The maximum atomic E-state index is 8.73. The first-order valence-corrected chi connectivity index (χ1v) is 7.19. The maximum absolute atomic E-state index is 8.73. The highest BCUT2D eigenvalue weighted by atomic mass is 32.2. The van der Waals surface area contributed by atoms with E-state index in [1.807, 2.05) is 23.9 Å². The standard InChI is InChI=1S/C12H18N4OS/c13-12(16-17)11-9(3-1-5-14-11)7-15-10-4-2-6-18-8-10/h1,3,5,10,15,17H,2,4,6-8H2,(H2,13,16). The maximum Gasteiger partial charge on any atom is 0.189 e. The summed E-state index contributed by atoms with van der Waals surface area (Å²) >= 11 is 1.99. The van der Waals surface area contributed by atoms with E-state index in [1.54, 1.807) is 6.20 Å². The Morgan fingerprint density at radius 3 is 3.28 bits per heavy atom. The number of thioether (sulfide) groups is 1. The highest BCUT2D eigenvalue weighted by molar-refractivity contribution is 7.99. The van der Waals surface area contributed by atoms with Gasteiger partial charge in [0.05, 0.1) is 0 Å². The van der Waals surface area contributed by atoms with Gasteiger partial charge in [-0.1, -0.05) is 11.2 Å². The Morgan fingerprint density at radius 2 is 2.56 bits per heavy atom. The molecular formula is C12H18N4OS. The highest BCUT2D eigenvalue weighted by Crippen LogP contribution is 2.17. The summed E-state index contributed by atoms with van der Waals surface area (Å²) < 4.78 is 0. The quantitative estimate of drug-likeness (QED) is 0.330. The number of hydrogen-bond donors (Lipinski definition) is 3. The Balaban J connectivity index is 2.00. The van der Waals surface area contributed by atoms with E-state index >= 15 is 0 Å². The molecule has 1 aliphatic rings. The lowest BCUT2D eigenvalue weighted by atomic mass is 10.1. The molecule has 1 aromatic heterocycles. The summed E-state index contributed by atoms with van der Waals surface area (Å²) in [4.78, 5) is 4.15. The van der Waals surface area contributed by atoms with Crippen molar-refractivity contribution in [3.05, 3.63) is 29.6 Å². The van der Waals surface area contributed by atoms with Crippen LogP contribution in [0.4, 0.5) is 0 Å². The molecule has 0 aliphatic carbocycles.